The van der Waals surface area contributed by atoms with Gasteiger partial charge < -0.3 is 9.52 Å². The number of furan rings is 1. The second-order valence-electron chi connectivity index (χ2n) is 4.98. The summed E-state index contributed by atoms with van der Waals surface area (Å²) >= 11 is 0. The molecule has 1 N–H and O–H groups in total. The van der Waals surface area contributed by atoms with E-state index >= 15 is 0 Å². The van der Waals surface area contributed by atoms with Gasteiger partial charge in [-0.2, -0.15) is 4.31 Å². The lowest BCUT2D eigenvalue weighted by atomic mass is 10.0. The molecule has 0 bridgehead atoms. The summed E-state index contributed by atoms with van der Waals surface area (Å²) in [5.74, 6) is 0.475. The molecule has 6 heteroatoms. The van der Waals surface area contributed by atoms with Crippen LogP contribution in [-0.4, -0.2) is 24.1 Å². The Labute approximate surface area is 117 Å². The minimum atomic E-state index is -3.19. The summed E-state index contributed by atoms with van der Waals surface area (Å²) in [5, 5.41) is 10.2. The lowest BCUT2D eigenvalue weighted by Crippen LogP contribution is -2.23. The zero-order valence-electron chi connectivity index (χ0n) is 11.0. The van der Waals surface area contributed by atoms with Crippen molar-refractivity contribution in [3.05, 3.63) is 59.0 Å². The van der Waals surface area contributed by atoms with E-state index < -0.39 is 16.1 Å². The first kappa shape index (κ1) is 13.4. The van der Waals surface area contributed by atoms with Gasteiger partial charge >= 0.3 is 0 Å². The van der Waals surface area contributed by atoms with Crippen LogP contribution in [0.1, 0.15) is 28.6 Å². The van der Waals surface area contributed by atoms with Crippen LogP contribution in [0.5, 0.6) is 0 Å². The number of benzene rings is 1. The molecule has 1 aliphatic rings. The van der Waals surface area contributed by atoms with Gasteiger partial charge in [0.25, 0.3) is 0 Å². The standard InChI is InChI=1S/C14H15NO4S/c1-20(17,18)15-8-11-5-4-10(7-12(11)9-15)14(16)13-3-2-6-19-13/h2-7,14,16H,8-9H2,1H3. The fourth-order valence-corrected chi connectivity index (χ4v) is 3.15. The van der Waals surface area contributed by atoms with E-state index in [1.54, 1.807) is 18.2 Å². The summed E-state index contributed by atoms with van der Waals surface area (Å²) in [6.07, 6.45) is 1.89. The molecule has 0 spiro atoms. The van der Waals surface area contributed by atoms with E-state index in [1.165, 1.54) is 16.8 Å². The Bertz CT molecular complexity index is 722. The Morgan fingerprint density at radius 2 is 2.00 bits per heavy atom. The molecule has 0 aliphatic carbocycles. The van der Waals surface area contributed by atoms with Gasteiger partial charge in [0.2, 0.25) is 10.0 Å². The summed E-state index contributed by atoms with van der Waals surface area (Å²) in [6, 6.07) is 8.94. The number of aliphatic hydroxyl groups is 1. The van der Waals surface area contributed by atoms with Crippen LogP contribution in [0.3, 0.4) is 0 Å². The maximum absolute atomic E-state index is 11.6. The Morgan fingerprint density at radius 3 is 2.65 bits per heavy atom. The molecule has 1 atom stereocenters. The third kappa shape index (κ3) is 2.37. The van der Waals surface area contributed by atoms with E-state index in [9.17, 15) is 13.5 Å². The number of hydrogen-bond donors (Lipinski definition) is 1. The first-order valence-electron chi connectivity index (χ1n) is 6.23. The van der Waals surface area contributed by atoms with Crippen molar-refractivity contribution in [2.75, 3.05) is 6.26 Å². The zero-order chi connectivity index (χ0) is 14.3. The maximum Gasteiger partial charge on any atom is 0.211 e. The van der Waals surface area contributed by atoms with Crippen LogP contribution in [0.15, 0.2) is 41.0 Å². The predicted molar refractivity (Wildman–Crippen MR) is 73.3 cm³/mol. The molecule has 106 valence electrons. The molecule has 2 heterocycles. The first-order chi connectivity index (χ1) is 9.45. The van der Waals surface area contributed by atoms with Gasteiger partial charge in [-0.15, -0.1) is 0 Å². The molecule has 0 saturated carbocycles. The third-order valence-electron chi connectivity index (χ3n) is 3.52. The molecule has 20 heavy (non-hydrogen) atoms. The molecule has 0 radical (unpaired) electrons. The smallest absolute Gasteiger partial charge is 0.211 e. The van der Waals surface area contributed by atoms with Gasteiger partial charge in [-0.1, -0.05) is 18.2 Å². The highest BCUT2D eigenvalue weighted by atomic mass is 32.2. The van der Waals surface area contributed by atoms with E-state index in [2.05, 4.69) is 0 Å². The number of fused-ring (bicyclic) bond motifs is 1. The second-order valence-corrected chi connectivity index (χ2v) is 6.96. The monoisotopic (exact) mass is 293 g/mol. The molecular formula is C14H15NO4S. The molecule has 2 aromatic rings. The summed E-state index contributed by atoms with van der Waals surface area (Å²) in [4.78, 5) is 0. The van der Waals surface area contributed by atoms with Crippen LogP contribution in [-0.2, 0) is 23.1 Å². The fraction of sp³-hybridized carbons (Fsp3) is 0.286. The number of hydrogen-bond acceptors (Lipinski definition) is 4. The average Bonchev–Trinajstić information content (AvgIpc) is 3.05. The van der Waals surface area contributed by atoms with Crippen LogP contribution in [0.25, 0.3) is 0 Å². The number of rotatable bonds is 3. The Balaban J connectivity index is 1.90. The van der Waals surface area contributed by atoms with E-state index in [0.29, 0.717) is 24.4 Å². The van der Waals surface area contributed by atoms with Crippen molar-refractivity contribution in [1.29, 1.82) is 0 Å². The third-order valence-corrected chi connectivity index (χ3v) is 4.72. The number of nitrogens with zero attached hydrogens (tertiary/aromatic N) is 1. The molecular weight excluding hydrogens is 278 g/mol. The Kier molecular flexibility index (Phi) is 3.16. The average molecular weight is 293 g/mol. The Morgan fingerprint density at radius 1 is 1.25 bits per heavy atom. The summed E-state index contributed by atoms with van der Waals surface area (Å²) in [5.41, 5.74) is 2.61. The van der Waals surface area contributed by atoms with Crippen LogP contribution in [0.4, 0.5) is 0 Å². The lowest BCUT2D eigenvalue weighted by molar-refractivity contribution is 0.189. The van der Waals surface area contributed by atoms with E-state index in [1.807, 2.05) is 12.1 Å². The Hall–Kier alpha value is -1.63. The van der Waals surface area contributed by atoms with Gasteiger partial charge in [0.05, 0.1) is 12.5 Å². The molecule has 1 aromatic carbocycles. The maximum atomic E-state index is 11.6. The molecule has 0 amide bonds. The van der Waals surface area contributed by atoms with Crippen LogP contribution in [0, 0.1) is 0 Å². The van der Waals surface area contributed by atoms with Gasteiger partial charge in [-0.05, 0) is 28.8 Å². The number of aliphatic hydroxyl groups excluding tert-OH is 1. The molecule has 5 nitrogen and oxygen atoms in total. The van der Waals surface area contributed by atoms with Gasteiger partial charge in [-0.25, -0.2) is 8.42 Å². The second kappa shape index (κ2) is 4.73. The van der Waals surface area contributed by atoms with E-state index in [4.69, 9.17) is 4.42 Å². The van der Waals surface area contributed by atoms with Crippen LogP contribution >= 0.6 is 0 Å². The van der Waals surface area contributed by atoms with Crippen molar-refractivity contribution >= 4 is 10.0 Å². The molecule has 1 aliphatic heterocycles. The van der Waals surface area contributed by atoms with Gasteiger partial charge in [0, 0.05) is 13.1 Å². The summed E-state index contributed by atoms with van der Waals surface area (Å²) < 4.78 is 29.7. The quantitative estimate of drug-likeness (QED) is 0.934. The van der Waals surface area contributed by atoms with Crippen molar-refractivity contribution in [3.8, 4) is 0 Å². The van der Waals surface area contributed by atoms with Gasteiger partial charge in [0.1, 0.15) is 11.9 Å². The summed E-state index contributed by atoms with van der Waals surface area (Å²) in [6.45, 7) is 0.748. The minimum Gasteiger partial charge on any atom is -0.466 e. The minimum absolute atomic E-state index is 0.354. The van der Waals surface area contributed by atoms with E-state index in [0.717, 1.165) is 11.1 Å². The molecule has 0 fully saturated rings. The van der Waals surface area contributed by atoms with Gasteiger partial charge in [0.15, 0.2) is 0 Å². The topological polar surface area (TPSA) is 70.8 Å². The number of sulfonamides is 1. The molecule has 0 saturated heterocycles. The molecule has 1 unspecified atom stereocenters. The zero-order valence-corrected chi connectivity index (χ0v) is 11.8. The van der Waals surface area contributed by atoms with Crippen LogP contribution in [0.2, 0.25) is 0 Å². The highest BCUT2D eigenvalue weighted by Crippen LogP contribution is 2.29. The van der Waals surface area contributed by atoms with Crippen molar-refractivity contribution in [2.24, 2.45) is 0 Å². The van der Waals surface area contributed by atoms with E-state index in [-0.39, 0.29) is 0 Å². The van der Waals surface area contributed by atoms with Gasteiger partial charge in [-0.3, -0.25) is 0 Å². The molecule has 1 aromatic heterocycles. The highest BCUT2D eigenvalue weighted by Gasteiger charge is 2.26. The van der Waals surface area contributed by atoms with Crippen molar-refractivity contribution in [2.45, 2.75) is 19.2 Å². The lowest BCUT2D eigenvalue weighted by Gasteiger charge is -2.10. The van der Waals surface area contributed by atoms with Crippen molar-refractivity contribution in [3.63, 3.8) is 0 Å². The van der Waals surface area contributed by atoms with Crippen molar-refractivity contribution in [1.82, 2.24) is 4.31 Å². The largest absolute Gasteiger partial charge is 0.466 e. The normalized spacial score (nSPS) is 17.1. The predicted octanol–water partition coefficient (Wildman–Crippen LogP) is 1.64. The van der Waals surface area contributed by atoms with Crippen molar-refractivity contribution < 1.29 is 17.9 Å². The SMILES string of the molecule is CS(=O)(=O)N1Cc2ccc(C(O)c3ccco3)cc2C1. The van der Waals surface area contributed by atoms with Crippen LogP contribution < -0.4 is 0 Å². The molecule has 3 rings (SSSR count). The first-order valence-corrected chi connectivity index (χ1v) is 8.08. The highest BCUT2D eigenvalue weighted by molar-refractivity contribution is 7.88. The summed E-state index contributed by atoms with van der Waals surface area (Å²) in [7, 11) is -3.19. The fourth-order valence-electron chi connectivity index (χ4n) is 2.40.